The number of hydrogen-bond donors (Lipinski definition) is 2. The number of rotatable bonds is 2. The Labute approximate surface area is 209 Å². The maximum absolute atomic E-state index is 8.87. The number of allylic oxidation sites excluding steroid dienone is 8. The van der Waals surface area contributed by atoms with Gasteiger partial charge in [-0.15, -0.1) is 12.8 Å². The number of benzene rings is 2. The molecule has 0 bridgehead atoms. The van der Waals surface area contributed by atoms with E-state index < -0.39 is 0 Å². The van der Waals surface area contributed by atoms with Crippen molar-refractivity contribution in [2.75, 3.05) is 0 Å². The van der Waals surface area contributed by atoms with Gasteiger partial charge in [-0.3, -0.25) is 12.2 Å². The molecule has 7 heteroatoms. The fraction of sp³-hybridized carbons (Fsp3) is 0.0909. The first-order valence-electron chi connectivity index (χ1n) is 8.24. The summed E-state index contributed by atoms with van der Waals surface area (Å²) in [5, 5.41) is 17.7. The summed E-state index contributed by atoms with van der Waals surface area (Å²) in [4.78, 5) is 1.72. The standard InChI is InChI=1S/2C6H5ClOS.2C5H5.Zr/c2*7-9-6-3-1-2-5(8)4-6;2*1-2-4-5-3-1;/h2*1-4,8H;2*1-3H,4H2;/q;;2*-1;+2. The van der Waals surface area contributed by atoms with Crippen LogP contribution in [0.5, 0.6) is 11.5 Å². The normalized spacial score (nSPS) is 11.9. The van der Waals surface area contributed by atoms with E-state index in [1.807, 2.05) is 36.4 Å². The van der Waals surface area contributed by atoms with E-state index in [2.05, 4.69) is 24.3 Å². The summed E-state index contributed by atoms with van der Waals surface area (Å²) in [6.45, 7) is 0. The van der Waals surface area contributed by atoms with Crippen molar-refractivity contribution in [1.82, 2.24) is 0 Å². The SMILES string of the molecule is Oc1cccc(SCl)c1.Oc1cccc(SCl)c1.[C-]1=CC=CC1.[C-]1=CC=CC1.[Zr+2]. The maximum atomic E-state index is 8.87. The van der Waals surface area contributed by atoms with Crippen LogP contribution in [0.1, 0.15) is 12.8 Å². The van der Waals surface area contributed by atoms with Crippen LogP contribution in [0.25, 0.3) is 0 Å². The van der Waals surface area contributed by atoms with E-state index in [0.29, 0.717) is 0 Å². The minimum absolute atomic E-state index is 0. The second kappa shape index (κ2) is 19.1. The van der Waals surface area contributed by atoms with Gasteiger partial charge in [0.25, 0.3) is 0 Å². The Morgan fingerprint density at radius 3 is 1.31 bits per heavy atom. The predicted molar refractivity (Wildman–Crippen MR) is 123 cm³/mol. The van der Waals surface area contributed by atoms with Gasteiger partial charge in [-0.25, -0.2) is 24.3 Å². The van der Waals surface area contributed by atoms with Gasteiger partial charge in [0, 0.05) is 9.79 Å². The van der Waals surface area contributed by atoms with Gasteiger partial charge in [0.15, 0.2) is 0 Å². The van der Waals surface area contributed by atoms with Gasteiger partial charge in [-0.2, -0.15) is 12.2 Å². The third-order valence-electron chi connectivity index (χ3n) is 2.99. The predicted octanol–water partition coefficient (Wildman–Crippen LogP) is 7.89. The number of phenolic OH excluding ortho intramolecular Hbond substituents is 2. The molecule has 0 amide bonds. The van der Waals surface area contributed by atoms with Crippen molar-refractivity contribution in [3.8, 4) is 11.5 Å². The Bertz CT molecular complexity index is 721. The molecule has 2 aliphatic carbocycles. The van der Waals surface area contributed by atoms with E-state index >= 15 is 0 Å². The molecule has 0 aliphatic heterocycles. The van der Waals surface area contributed by atoms with E-state index in [0.717, 1.165) is 44.6 Å². The topological polar surface area (TPSA) is 40.5 Å². The van der Waals surface area contributed by atoms with Crippen molar-refractivity contribution in [2.45, 2.75) is 22.6 Å². The van der Waals surface area contributed by atoms with E-state index in [-0.39, 0.29) is 37.7 Å². The Kier molecular flexibility index (Phi) is 18.6. The summed E-state index contributed by atoms with van der Waals surface area (Å²) in [6, 6.07) is 13.6. The van der Waals surface area contributed by atoms with E-state index in [9.17, 15) is 0 Å². The van der Waals surface area contributed by atoms with Gasteiger partial charge in [0.05, 0.1) is 0 Å². The smallest absolute Gasteiger partial charge is 0.508 e. The van der Waals surface area contributed by atoms with Crippen LogP contribution in [-0.2, 0) is 26.2 Å². The Morgan fingerprint density at radius 1 is 0.724 bits per heavy atom. The van der Waals surface area contributed by atoms with Gasteiger partial charge >= 0.3 is 26.2 Å². The molecule has 0 aromatic heterocycles. The van der Waals surface area contributed by atoms with Gasteiger partial charge in [-0.1, -0.05) is 12.1 Å². The van der Waals surface area contributed by atoms with Crippen molar-refractivity contribution in [3.63, 3.8) is 0 Å². The van der Waals surface area contributed by atoms with Crippen molar-refractivity contribution >= 4 is 43.3 Å². The number of phenols is 2. The zero-order chi connectivity index (χ0) is 20.5. The van der Waals surface area contributed by atoms with Crippen LogP contribution in [0.15, 0.2) is 94.8 Å². The molecule has 0 unspecified atom stereocenters. The van der Waals surface area contributed by atoms with Crippen molar-refractivity contribution in [3.05, 3.63) is 97.1 Å². The fourth-order valence-corrected chi connectivity index (χ4v) is 2.91. The van der Waals surface area contributed by atoms with Crippen LogP contribution in [0.2, 0.25) is 0 Å². The molecule has 2 aromatic carbocycles. The van der Waals surface area contributed by atoms with Crippen LogP contribution in [0.3, 0.4) is 0 Å². The molecule has 0 saturated heterocycles. The maximum Gasteiger partial charge on any atom is 2.00 e. The first-order valence-corrected chi connectivity index (χ1v) is 11.5. The van der Waals surface area contributed by atoms with Crippen molar-refractivity contribution < 1.29 is 36.4 Å². The molecule has 0 saturated carbocycles. The largest absolute Gasteiger partial charge is 2.00 e. The molecule has 2 aliphatic rings. The summed E-state index contributed by atoms with van der Waals surface area (Å²) in [5.41, 5.74) is 0. The summed E-state index contributed by atoms with van der Waals surface area (Å²) in [6.07, 6.45) is 20.0. The van der Waals surface area contributed by atoms with Crippen LogP contribution in [-0.4, -0.2) is 10.2 Å². The van der Waals surface area contributed by atoms with Crippen LogP contribution >= 0.6 is 43.3 Å². The second-order valence-corrected chi connectivity index (χ2v) is 7.33. The third kappa shape index (κ3) is 15.6. The van der Waals surface area contributed by atoms with Crippen LogP contribution < -0.4 is 0 Å². The van der Waals surface area contributed by atoms with E-state index in [4.69, 9.17) is 31.6 Å². The minimum atomic E-state index is 0. The van der Waals surface area contributed by atoms with Crippen LogP contribution in [0.4, 0.5) is 0 Å². The van der Waals surface area contributed by atoms with E-state index in [1.165, 1.54) is 0 Å². The van der Waals surface area contributed by atoms with Gasteiger partial charge in [-0.05, 0) is 79.7 Å². The van der Waals surface area contributed by atoms with Crippen molar-refractivity contribution in [1.29, 1.82) is 0 Å². The molecule has 0 spiro atoms. The van der Waals surface area contributed by atoms with Gasteiger partial charge < -0.3 is 10.2 Å². The number of halogens is 2. The number of aromatic hydroxyl groups is 2. The van der Waals surface area contributed by atoms with Crippen molar-refractivity contribution in [2.24, 2.45) is 0 Å². The molecule has 2 nitrogen and oxygen atoms in total. The Balaban J connectivity index is 0.000000369. The number of hydrogen-bond acceptors (Lipinski definition) is 4. The monoisotopic (exact) mass is 540 g/mol. The Hall–Kier alpha value is -0.837. The molecule has 2 N–H and O–H groups in total. The molecule has 150 valence electrons. The average molecular weight is 543 g/mol. The van der Waals surface area contributed by atoms with Gasteiger partial charge in [0.2, 0.25) is 0 Å². The fourth-order valence-electron chi connectivity index (χ4n) is 1.74. The third-order valence-corrected chi connectivity index (χ3v) is 4.92. The zero-order valence-corrected chi connectivity index (χ0v) is 21.1. The quantitative estimate of drug-likeness (QED) is 0.379. The Morgan fingerprint density at radius 2 is 1.14 bits per heavy atom. The van der Waals surface area contributed by atoms with Crippen LogP contribution in [0, 0.1) is 12.2 Å². The average Bonchev–Trinajstić information content (AvgIpc) is 3.47. The molecule has 0 radical (unpaired) electrons. The molecular formula is C22H20Cl2O2S2Zr. The molecule has 29 heavy (non-hydrogen) atoms. The molecular weight excluding hydrogens is 523 g/mol. The molecule has 0 fully saturated rings. The summed E-state index contributed by atoms with van der Waals surface area (Å²) in [5.74, 6) is 0.501. The van der Waals surface area contributed by atoms with Gasteiger partial charge in [0.1, 0.15) is 11.5 Å². The molecule has 4 rings (SSSR count). The van der Waals surface area contributed by atoms with E-state index in [1.54, 1.807) is 36.4 Å². The summed E-state index contributed by atoms with van der Waals surface area (Å²) in [7, 11) is 13.0. The molecule has 2 aromatic rings. The minimum Gasteiger partial charge on any atom is -0.508 e. The summed E-state index contributed by atoms with van der Waals surface area (Å²) >= 11 is 0. The molecule has 0 atom stereocenters. The first kappa shape index (κ1) is 28.2. The second-order valence-electron chi connectivity index (χ2n) is 5.16. The summed E-state index contributed by atoms with van der Waals surface area (Å²) < 4.78 is 0. The first-order chi connectivity index (χ1) is 13.7. The zero-order valence-electron chi connectivity index (χ0n) is 15.5. The molecule has 0 heterocycles.